The molecule has 1 aliphatic carbocycles. The fraction of sp³-hybridized carbons (Fsp3) is 0.333. The zero-order valence-electron chi connectivity index (χ0n) is 12.5. The Morgan fingerprint density at radius 3 is 2.52 bits per heavy atom. The lowest BCUT2D eigenvalue weighted by atomic mass is 9.75. The lowest BCUT2D eigenvalue weighted by Crippen LogP contribution is -2.34. The Morgan fingerprint density at radius 1 is 0.952 bits per heavy atom. The van der Waals surface area contributed by atoms with Gasteiger partial charge in [-0.1, -0.05) is 24.3 Å². The van der Waals surface area contributed by atoms with E-state index < -0.39 is 0 Å². The molecule has 21 heavy (non-hydrogen) atoms. The quantitative estimate of drug-likeness (QED) is 0.897. The van der Waals surface area contributed by atoms with E-state index in [0.717, 1.165) is 30.0 Å². The van der Waals surface area contributed by atoms with Gasteiger partial charge in [0, 0.05) is 17.8 Å². The summed E-state index contributed by atoms with van der Waals surface area (Å²) < 4.78 is 10.7. The van der Waals surface area contributed by atoms with Crippen LogP contribution in [0.5, 0.6) is 11.5 Å². The summed E-state index contributed by atoms with van der Waals surface area (Å²) in [4.78, 5) is 0. The Labute approximate surface area is 125 Å². The lowest BCUT2D eigenvalue weighted by Gasteiger charge is -2.37. The fourth-order valence-electron chi connectivity index (χ4n) is 2.94. The third-order valence-corrected chi connectivity index (χ3v) is 4.16. The van der Waals surface area contributed by atoms with Gasteiger partial charge in [-0.3, -0.25) is 0 Å². The minimum absolute atomic E-state index is 0.520. The summed E-state index contributed by atoms with van der Waals surface area (Å²) in [6.45, 7) is 0. The first-order valence-electron chi connectivity index (χ1n) is 7.33. The van der Waals surface area contributed by atoms with Crippen LogP contribution in [-0.2, 0) is 0 Å². The molecule has 0 aliphatic heterocycles. The highest BCUT2D eigenvalue weighted by Gasteiger charge is 2.31. The van der Waals surface area contributed by atoms with E-state index in [0.29, 0.717) is 12.0 Å². The largest absolute Gasteiger partial charge is 0.497 e. The lowest BCUT2D eigenvalue weighted by molar-refractivity contribution is 0.349. The van der Waals surface area contributed by atoms with Crippen molar-refractivity contribution in [3.63, 3.8) is 0 Å². The molecule has 3 heteroatoms. The van der Waals surface area contributed by atoms with Crippen molar-refractivity contribution >= 4 is 5.69 Å². The van der Waals surface area contributed by atoms with Crippen LogP contribution < -0.4 is 14.8 Å². The molecular formula is C18H21NO2. The molecule has 0 aromatic heterocycles. The van der Waals surface area contributed by atoms with Gasteiger partial charge in [-0.2, -0.15) is 0 Å². The molecule has 0 radical (unpaired) electrons. The van der Waals surface area contributed by atoms with Crippen LogP contribution in [0.15, 0.2) is 48.5 Å². The summed E-state index contributed by atoms with van der Waals surface area (Å²) in [5.41, 5.74) is 2.45. The van der Waals surface area contributed by atoms with Gasteiger partial charge in [0.1, 0.15) is 11.5 Å². The summed E-state index contributed by atoms with van der Waals surface area (Å²) in [6, 6.07) is 16.9. The minimum Gasteiger partial charge on any atom is -0.497 e. The zero-order chi connectivity index (χ0) is 14.7. The molecule has 1 aliphatic rings. The third kappa shape index (κ3) is 2.97. The highest BCUT2D eigenvalue weighted by atomic mass is 16.5. The monoisotopic (exact) mass is 283 g/mol. The summed E-state index contributed by atoms with van der Waals surface area (Å²) in [6.07, 6.45) is 2.27. The highest BCUT2D eigenvalue weighted by Crippen LogP contribution is 2.42. The fourth-order valence-corrected chi connectivity index (χ4v) is 2.94. The van der Waals surface area contributed by atoms with E-state index in [9.17, 15) is 0 Å². The van der Waals surface area contributed by atoms with Crippen LogP contribution >= 0.6 is 0 Å². The Morgan fingerprint density at radius 2 is 1.76 bits per heavy atom. The standard InChI is InChI=1S/C18H21NO2/c1-20-16-7-5-6-14(12-16)19-15-10-13(11-15)17-8-3-4-9-18(17)21-2/h3-9,12-13,15,19H,10-11H2,1-2H3. The first-order valence-corrected chi connectivity index (χ1v) is 7.33. The van der Waals surface area contributed by atoms with Crippen LogP contribution in [0, 0.1) is 0 Å². The van der Waals surface area contributed by atoms with Crippen LogP contribution in [0.2, 0.25) is 0 Å². The van der Waals surface area contributed by atoms with Crippen molar-refractivity contribution in [2.75, 3.05) is 19.5 Å². The second kappa shape index (κ2) is 6.08. The minimum atomic E-state index is 0.520. The summed E-state index contributed by atoms with van der Waals surface area (Å²) >= 11 is 0. The van der Waals surface area contributed by atoms with E-state index in [1.165, 1.54) is 5.56 Å². The zero-order valence-corrected chi connectivity index (χ0v) is 12.5. The maximum Gasteiger partial charge on any atom is 0.122 e. The second-order valence-corrected chi connectivity index (χ2v) is 5.48. The maximum absolute atomic E-state index is 5.45. The number of ether oxygens (including phenoxy) is 2. The number of methoxy groups -OCH3 is 2. The van der Waals surface area contributed by atoms with Gasteiger partial charge in [-0.25, -0.2) is 0 Å². The normalized spacial score (nSPS) is 20.5. The molecule has 0 spiro atoms. The first-order chi connectivity index (χ1) is 10.3. The van der Waals surface area contributed by atoms with Crippen LogP contribution in [0.3, 0.4) is 0 Å². The van der Waals surface area contributed by atoms with Crippen LogP contribution in [-0.4, -0.2) is 20.3 Å². The second-order valence-electron chi connectivity index (χ2n) is 5.48. The third-order valence-electron chi connectivity index (χ3n) is 4.16. The molecule has 0 amide bonds. The van der Waals surface area contributed by atoms with Gasteiger partial charge in [0.15, 0.2) is 0 Å². The van der Waals surface area contributed by atoms with Gasteiger partial charge < -0.3 is 14.8 Å². The SMILES string of the molecule is COc1cccc(NC2CC(c3ccccc3OC)C2)c1. The average Bonchev–Trinajstić information content (AvgIpc) is 2.50. The van der Waals surface area contributed by atoms with Gasteiger partial charge in [-0.15, -0.1) is 0 Å². The molecule has 3 nitrogen and oxygen atoms in total. The van der Waals surface area contributed by atoms with Gasteiger partial charge in [-0.05, 0) is 42.5 Å². The average molecular weight is 283 g/mol. The highest BCUT2D eigenvalue weighted by molar-refractivity contribution is 5.50. The molecule has 0 atom stereocenters. The molecule has 2 aromatic rings. The predicted octanol–water partition coefficient (Wildman–Crippen LogP) is 4.06. The summed E-state index contributed by atoms with van der Waals surface area (Å²) in [5, 5.41) is 3.57. The number of hydrogen-bond acceptors (Lipinski definition) is 3. The molecule has 0 heterocycles. The molecule has 1 fully saturated rings. The van der Waals surface area contributed by atoms with Gasteiger partial charge in [0.25, 0.3) is 0 Å². The van der Waals surface area contributed by atoms with Crippen LogP contribution in [0.1, 0.15) is 24.3 Å². The predicted molar refractivity (Wildman–Crippen MR) is 85.4 cm³/mol. The van der Waals surface area contributed by atoms with E-state index in [-0.39, 0.29) is 0 Å². The van der Waals surface area contributed by atoms with Crippen molar-refractivity contribution in [2.45, 2.75) is 24.8 Å². The molecule has 1 saturated carbocycles. The van der Waals surface area contributed by atoms with Gasteiger partial charge >= 0.3 is 0 Å². The number of para-hydroxylation sites is 1. The summed E-state index contributed by atoms with van der Waals surface area (Å²) in [7, 11) is 3.43. The van der Waals surface area contributed by atoms with E-state index in [2.05, 4.69) is 23.5 Å². The van der Waals surface area contributed by atoms with Crippen molar-refractivity contribution in [1.29, 1.82) is 0 Å². The van der Waals surface area contributed by atoms with E-state index >= 15 is 0 Å². The van der Waals surface area contributed by atoms with Crippen LogP contribution in [0.4, 0.5) is 5.69 Å². The first kappa shape index (κ1) is 13.8. The van der Waals surface area contributed by atoms with E-state index in [4.69, 9.17) is 9.47 Å². The van der Waals surface area contributed by atoms with E-state index in [1.807, 2.05) is 30.3 Å². The smallest absolute Gasteiger partial charge is 0.122 e. The Hall–Kier alpha value is -2.16. The van der Waals surface area contributed by atoms with Crippen molar-refractivity contribution in [3.05, 3.63) is 54.1 Å². The number of nitrogens with one attached hydrogen (secondary N) is 1. The van der Waals surface area contributed by atoms with Gasteiger partial charge in [0.2, 0.25) is 0 Å². The van der Waals surface area contributed by atoms with Crippen molar-refractivity contribution < 1.29 is 9.47 Å². The van der Waals surface area contributed by atoms with Crippen molar-refractivity contribution in [2.24, 2.45) is 0 Å². The van der Waals surface area contributed by atoms with Crippen molar-refractivity contribution in [1.82, 2.24) is 0 Å². The van der Waals surface area contributed by atoms with Crippen LogP contribution in [0.25, 0.3) is 0 Å². The molecule has 1 N–H and O–H groups in total. The van der Waals surface area contributed by atoms with E-state index in [1.54, 1.807) is 14.2 Å². The molecule has 0 bridgehead atoms. The maximum atomic E-state index is 5.45. The molecule has 0 unspecified atom stereocenters. The number of hydrogen-bond donors (Lipinski definition) is 1. The number of anilines is 1. The number of benzene rings is 2. The molecule has 0 saturated heterocycles. The molecular weight excluding hydrogens is 262 g/mol. The Bertz CT molecular complexity index is 606. The van der Waals surface area contributed by atoms with Crippen molar-refractivity contribution in [3.8, 4) is 11.5 Å². The Balaban J connectivity index is 1.60. The molecule has 3 rings (SSSR count). The topological polar surface area (TPSA) is 30.5 Å². The molecule has 110 valence electrons. The summed E-state index contributed by atoms with van der Waals surface area (Å²) in [5.74, 6) is 2.48. The molecule has 2 aromatic carbocycles. The number of rotatable bonds is 5. The Kier molecular flexibility index (Phi) is 4.00. The van der Waals surface area contributed by atoms with Gasteiger partial charge in [0.05, 0.1) is 14.2 Å².